The Hall–Kier alpha value is -2.77. The van der Waals surface area contributed by atoms with Gasteiger partial charge < -0.3 is 5.32 Å². The van der Waals surface area contributed by atoms with Crippen molar-refractivity contribution in [2.24, 2.45) is 5.92 Å². The van der Waals surface area contributed by atoms with Crippen LogP contribution in [0.5, 0.6) is 0 Å². The third-order valence-electron chi connectivity index (χ3n) is 3.79. The van der Waals surface area contributed by atoms with Crippen molar-refractivity contribution in [2.75, 3.05) is 0 Å². The highest BCUT2D eigenvalue weighted by Gasteiger charge is 2.29. The predicted octanol–water partition coefficient (Wildman–Crippen LogP) is 1.70. The molecule has 0 bridgehead atoms. The summed E-state index contributed by atoms with van der Waals surface area (Å²) in [5, 5.41) is 18.0. The average molecular weight is 301 g/mol. The van der Waals surface area contributed by atoms with E-state index in [1.807, 2.05) is 6.92 Å². The molecule has 8 heteroatoms. The summed E-state index contributed by atoms with van der Waals surface area (Å²) in [5.41, 5.74) is 0.356. The number of amides is 1. The smallest absolute Gasteiger partial charge is 0.295 e. The van der Waals surface area contributed by atoms with Crippen LogP contribution in [0.2, 0.25) is 0 Å². The molecule has 1 heterocycles. The van der Waals surface area contributed by atoms with Crippen molar-refractivity contribution in [1.29, 1.82) is 0 Å². The summed E-state index contributed by atoms with van der Waals surface area (Å²) in [7, 11) is 0. The highest BCUT2D eigenvalue weighted by molar-refractivity contribution is 5.95. The molecule has 114 valence electrons. The van der Waals surface area contributed by atoms with Crippen LogP contribution in [0.3, 0.4) is 0 Å². The number of rotatable bonds is 5. The van der Waals surface area contributed by atoms with Crippen molar-refractivity contribution in [1.82, 2.24) is 20.1 Å². The molecule has 22 heavy (non-hydrogen) atoms. The Labute approximate surface area is 126 Å². The zero-order chi connectivity index (χ0) is 15.7. The van der Waals surface area contributed by atoms with Crippen LogP contribution in [0.15, 0.2) is 30.9 Å². The van der Waals surface area contributed by atoms with E-state index in [1.54, 1.807) is 6.07 Å². The molecular weight excluding hydrogens is 286 g/mol. The monoisotopic (exact) mass is 301 g/mol. The van der Waals surface area contributed by atoms with E-state index in [9.17, 15) is 14.9 Å². The van der Waals surface area contributed by atoms with Gasteiger partial charge in [-0.05, 0) is 37.8 Å². The van der Waals surface area contributed by atoms with E-state index in [0.29, 0.717) is 5.92 Å². The van der Waals surface area contributed by atoms with Crippen LogP contribution in [-0.2, 0) is 0 Å². The van der Waals surface area contributed by atoms with Gasteiger partial charge in [0.05, 0.1) is 4.92 Å². The third-order valence-corrected chi connectivity index (χ3v) is 3.79. The number of hydrogen-bond acceptors (Lipinski definition) is 5. The molecule has 0 radical (unpaired) electrons. The lowest BCUT2D eigenvalue weighted by molar-refractivity contribution is -0.384. The number of benzene rings is 1. The first-order chi connectivity index (χ1) is 10.6. The summed E-state index contributed by atoms with van der Waals surface area (Å²) < 4.78 is 1.30. The second-order valence-electron chi connectivity index (χ2n) is 5.40. The zero-order valence-corrected chi connectivity index (χ0v) is 12.0. The van der Waals surface area contributed by atoms with Crippen LogP contribution in [0, 0.1) is 16.0 Å². The molecule has 0 saturated heterocycles. The minimum atomic E-state index is -0.530. The number of carbonyl (C=O) groups is 1. The Morgan fingerprint density at radius 3 is 2.86 bits per heavy atom. The van der Waals surface area contributed by atoms with Crippen LogP contribution in [0.1, 0.15) is 30.1 Å². The highest BCUT2D eigenvalue weighted by Crippen LogP contribution is 2.32. The normalized spacial score (nSPS) is 15.3. The van der Waals surface area contributed by atoms with Crippen LogP contribution in [0.4, 0.5) is 5.69 Å². The van der Waals surface area contributed by atoms with E-state index in [0.717, 1.165) is 12.8 Å². The Morgan fingerprint density at radius 1 is 1.50 bits per heavy atom. The average Bonchev–Trinajstić information content (AvgIpc) is 3.22. The van der Waals surface area contributed by atoms with Crippen molar-refractivity contribution >= 4 is 11.6 Å². The number of nitro benzene ring substituents is 1. The molecule has 1 aromatic heterocycles. The first-order valence-corrected chi connectivity index (χ1v) is 7.00. The summed E-state index contributed by atoms with van der Waals surface area (Å²) in [6.45, 7) is 1.95. The minimum Gasteiger partial charge on any atom is -0.349 e. The Bertz CT molecular complexity index is 709. The van der Waals surface area contributed by atoms with Crippen LogP contribution >= 0.6 is 0 Å². The first kappa shape index (κ1) is 14.2. The van der Waals surface area contributed by atoms with Crippen molar-refractivity contribution in [3.63, 3.8) is 0 Å². The third kappa shape index (κ3) is 2.80. The molecule has 1 aromatic carbocycles. The first-order valence-electron chi connectivity index (χ1n) is 7.00. The van der Waals surface area contributed by atoms with Crippen molar-refractivity contribution in [3.05, 3.63) is 46.5 Å². The van der Waals surface area contributed by atoms with Crippen molar-refractivity contribution in [2.45, 2.75) is 25.8 Å². The molecule has 1 amide bonds. The quantitative estimate of drug-likeness (QED) is 0.668. The molecule has 1 fully saturated rings. The van der Waals surface area contributed by atoms with Gasteiger partial charge in [-0.1, -0.05) is 0 Å². The second-order valence-corrected chi connectivity index (χ2v) is 5.40. The summed E-state index contributed by atoms with van der Waals surface area (Å²) >= 11 is 0. The minimum absolute atomic E-state index is 0.0848. The molecule has 1 N–H and O–H groups in total. The summed E-state index contributed by atoms with van der Waals surface area (Å²) in [6, 6.07) is 4.41. The molecule has 0 aliphatic heterocycles. The summed E-state index contributed by atoms with van der Waals surface area (Å²) in [5.74, 6) is 0.223. The lowest BCUT2D eigenvalue weighted by Gasteiger charge is -2.13. The van der Waals surface area contributed by atoms with Gasteiger partial charge in [0.2, 0.25) is 0 Å². The van der Waals surface area contributed by atoms with Gasteiger partial charge in [0.1, 0.15) is 18.3 Å². The number of carbonyl (C=O) groups excluding carboxylic acids is 1. The fourth-order valence-electron chi connectivity index (χ4n) is 2.34. The van der Waals surface area contributed by atoms with Gasteiger partial charge in [0, 0.05) is 17.7 Å². The number of nitrogens with zero attached hydrogens (tertiary/aromatic N) is 4. The molecule has 1 atom stereocenters. The van der Waals surface area contributed by atoms with E-state index >= 15 is 0 Å². The molecule has 8 nitrogen and oxygen atoms in total. The molecule has 3 rings (SSSR count). The van der Waals surface area contributed by atoms with Gasteiger partial charge in [-0.25, -0.2) is 9.67 Å². The van der Waals surface area contributed by atoms with Crippen molar-refractivity contribution < 1.29 is 9.72 Å². The molecule has 1 unspecified atom stereocenters. The SMILES string of the molecule is CC(NC(=O)c1ccc(-n2cncn2)c([N+](=O)[O-])c1)C1CC1. The van der Waals surface area contributed by atoms with Gasteiger partial charge >= 0.3 is 0 Å². The van der Waals surface area contributed by atoms with Gasteiger partial charge in [0.25, 0.3) is 11.6 Å². The van der Waals surface area contributed by atoms with Gasteiger partial charge in [-0.2, -0.15) is 5.10 Å². The molecular formula is C14H15N5O3. The zero-order valence-electron chi connectivity index (χ0n) is 12.0. The van der Waals surface area contributed by atoms with E-state index in [4.69, 9.17) is 0 Å². The van der Waals surface area contributed by atoms with Crippen LogP contribution < -0.4 is 5.32 Å². The maximum absolute atomic E-state index is 12.2. The maximum Gasteiger partial charge on any atom is 0.295 e. The Kier molecular flexibility index (Phi) is 3.58. The standard InChI is InChI=1S/C14H15N5O3/c1-9(10-2-3-10)17-14(20)11-4-5-12(13(6-11)19(21)22)18-8-15-7-16-18/h4-10H,2-3H2,1H3,(H,17,20). The van der Waals surface area contributed by atoms with Crippen LogP contribution in [-0.4, -0.2) is 31.6 Å². The lowest BCUT2D eigenvalue weighted by atomic mass is 10.1. The molecule has 1 aliphatic rings. The molecule has 2 aromatic rings. The van der Waals surface area contributed by atoms with E-state index in [2.05, 4.69) is 15.4 Å². The second kappa shape index (κ2) is 5.55. The van der Waals surface area contributed by atoms with Crippen LogP contribution in [0.25, 0.3) is 5.69 Å². The lowest BCUT2D eigenvalue weighted by Crippen LogP contribution is -2.34. The highest BCUT2D eigenvalue weighted by atomic mass is 16.6. The predicted molar refractivity (Wildman–Crippen MR) is 77.7 cm³/mol. The Morgan fingerprint density at radius 2 is 2.27 bits per heavy atom. The number of nitro groups is 1. The molecule has 1 saturated carbocycles. The topological polar surface area (TPSA) is 103 Å². The van der Waals surface area contributed by atoms with Gasteiger partial charge in [0.15, 0.2) is 0 Å². The molecule has 0 spiro atoms. The summed E-state index contributed by atoms with van der Waals surface area (Å²) in [6.07, 6.45) is 4.90. The van der Waals surface area contributed by atoms with Gasteiger partial charge in [-0.15, -0.1) is 0 Å². The fourth-order valence-corrected chi connectivity index (χ4v) is 2.34. The fraction of sp³-hybridized carbons (Fsp3) is 0.357. The number of aromatic nitrogens is 3. The van der Waals surface area contributed by atoms with Gasteiger partial charge in [-0.3, -0.25) is 14.9 Å². The Balaban J connectivity index is 1.88. The number of nitrogens with one attached hydrogen (secondary N) is 1. The van der Waals surface area contributed by atoms with E-state index in [-0.39, 0.29) is 28.9 Å². The van der Waals surface area contributed by atoms with Crippen molar-refractivity contribution in [3.8, 4) is 5.69 Å². The summed E-state index contributed by atoms with van der Waals surface area (Å²) in [4.78, 5) is 26.7. The van der Waals surface area contributed by atoms with E-state index < -0.39 is 4.92 Å². The van der Waals surface area contributed by atoms with E-state index in [1.165, 1.54) is 29.5 Å². The number of hydrogen-bond donors (Lipinski definition) is 1. The largest absolute Gasteiger partial charge is 0.349 e. The maximum atomic E-state index is 12.2. The molecule has 1 aliphatic carbocycles.